The molecule has 1 N–H and O–H groups in total. The van der Waals surface area contributed by atoms with Crippen molar-refractivity contribution in [1.82, 2.24) is 5.32 Å². The highest BCUT2D eigenvalue weighted by atomic mass is 16.5. The maximum atomic E-state index is 6.14. The number of fused-ring (bicyclic) bond motifs is 1. The summed E-state index contributed by atoms with van der Waals surface area (Å²) in [6.07, 6.45) is 1.07. The minimum atomic E-state index is 0.651. The molecule has 2 nitrogen and oxygen atoms in total. The fraction of sp³-hybridized carbons (Fsp3) is 0.333. The lowest BCUT2D eigenvalue weighted by molar-refractivity contribution is 0.286. The van der Waals surface area contributed by atoms with Gasteiger partial charge in [-0.1, -0.05) is 74.0 Å². The van der Waals surface area contributed by atoms with Crippen LogP contribution in [0.1, 0.15) is 37.0 Å². The lowest BCUT2D eigenvalue weighted by Gasteiger charge is -2.16. The first-order valence-corrected chi connectivity index (χ1v) is 9.53. The second-order valence-corrected chi connectivity index (χ2v) is 7.39. The smallest absolute Gasteiger partial charge is 0.124 e. The Bertz CT molecular complexity index is 854. The van der Waals surface area contributed by atoms with Crippen molar-refractivity contribution in [2.45, 2.75) is 40.3 Å². The van der Waals surface area contributed by atoms with Crippen molar-refractivity contribution in [1.29, 1.82) is 0 Å². The molecule has 0 saturated heterocycles. The molecule has 3 rings (SSSR count). The molecule has 0 heterocycles. The summed E-state index contributed by atoms with van der Waals surface area (Å²) in [6, 6.07) is 21.5. The van der Waals surface area contributed by atoms with Crippen molar-refractivity contribution in [2.24, 2.45) is 5.92 Å². The predicted molar refractivity (Wildman–Crippen MR) is 111 cm³/mol. The SMILES string of the molecule is Cc1cccc(CNCc2c(OCCC(C)C)ccc3ccccc23)c1. The van der Waals surface area contributed by atoms with E-state index in [-0.39, 0.29) is 0 Å². The Morgan fingerprint density at radius 2 is 1.77 bits per heavy atom. The molecule has 0 aliphatic carbocycles. The highest BCUT2D eigenvalue weighted by molar-refractivity contribution is 5.87. The van der Waals surface area contributed by atoms with E-state index in [2.05, 4.69) is 86.8 Å². The molecule has 0 bridgehead atoms. The van der Waals surface area contributed by atoms with Gasteiger partial charge in [0.2, 0.25) is 0 Å². The van der Waals surface area contributed by atoms with Gasteiger partial charge >= 0.3 is 0 Å². The molecule has 0 aliphatic rings. The van der Waals surface area contributed by atoms with Crippen molar-refractivity contribution in [2.75, 3.05) is 6.61 Å². The van der Waals surface area contributed by atoms with Crippen molar-refractivity contribution < 1.29 is 4.74 Å². The van der Waals surface area contributed by atoms with E-state index < -0.39 is 0 Å². The second kappa shape index (κ2) is 8.86. The minimum absolute atomic E-state index is 0.651. The summed E-state index contributed by atoms with van der Waals surface area (Å²) in [7, 11) is 0. The third kappa shape index (κ3) is 4.86. The maximum absolute atomic E-state index is 6.14. The van der Waals surface area contributed by atoms with Gasteiger partial charge in [0.25, 0.3) is 0 Å². The van der Waals surface area contributed by atoms with Crippen LogP contribution in [-0.2, 0) is 13.1 Å². The molecule has 3 aromatic carbocycles. The lowest BCUT2D eigenvalue weighted by atomic mass is 10.0. The Morgan fingerprint density at radius 1 is 0.923 bits per heavy atom. The van der Waals surface area contributed by atoms with Gasteiger partial charge in [-0.25, -0.2) is 0 Å². The number of rotatable bonds is 8. The molecule has 0 saturated carbocycles. The molecule has 0 atom stereocenters. The molecule has 0 unspecified atom stereocenters. The van der Waals surface area contributed by atoms with Crippen LogP contribution in [0.15, 0.2) is 60.7 Å². The summed E-state index contributed by atoms with van der Waals surface area (Å²) >= 11 is 0. The van der Waals surface area contributed by atoms with E-state index in [1.165, 1.54) is 27.5 Å². The molecular weight excluding hydrogens is 318 g/mol. The summed E-state index contributed by atoms with van der Waals surface area (Å²) in [5, 5.41) is 6.13. The summed E-state index contributed by atoms with van der Waals surface area (Å²) in [5.74, 6) is 1.65. The van der Waals surface area contributed by atoms with Crippen LogP contribution in [0.5, 0.6) is 5.75 Å². The number of aryl methyl sites for hydroxylation is 1. The standard InChI is InChI=1S/C24H29NO/c1-18(2)13-14-26-24-12-11-21-9-4-5-10-22(21)23(24)17-25-16-20-8-6-7-19(3)15-20/h4-12,15,18,25H,13-14,16-17H2,1-3H3. The first-order valence-electron chi connectivity index (χ1n) is 9.53. The Hall–Kier alpha value is -2.32. The molecule has 0 fully saturated rings. The normalized spacial score (nSPS) is 11.2. The van der Waals surface area contributed by atoms with Crippen LogP contribution in [0, 0.1) is 12.8 Å². The van der Waals surface area contributed by atoms with Crippen molar-refractivity contribution >= 4 is 10.8 Å². The van der Waals surface area contributed by atoms with E-state index in [0.29, 0.717) is 5.92 Å². The van der Waals surface area contributed by atoms with E-state index in [1.54, 1.807) is 0 Å². The van der Waals surface area contributed by atoms with E-state index in [9.17, 15) is 0 Å². The molecule has 0 amide bonds. The molecule has 0 radical (unpaired) electrons. The number of ether oxygens (including phenoxy) is 1. The van der Waals surface area contributed by atoms with E-state index >= 15 is 0 Å². The maximum Gasteiger partial charge on any atom is 0.124 e. The quantitative estimate of drug-likeness (QED) is 0.551. The minimum Gasteiger partial charge on any atom is -0.493 e. The van der Waals surface area contributed by atoms with Crippen LogP contribution in [0.2, 0.25) is 0 Å². The van der Waals surface area contributed by atoms with Gasteiger partial charge in [-0.15, -0.1) is 0 Å². The second-order valence-electron chi connectivity index (χ2n) is 7.39. The zero-order valence-electron chi connectivity index (χ0n) is 16.1. The van der Waals surface area contributed by atoms with Crippen molar-refractivity contribution in [3.63, 3.8) is 0 Å². The fourth-order valence-corrected chi connectivity index (χ4v) is 3.19. The van der Waals surface area contributed by atoms with Gasteiger partial charge in [0.1, 0.15) is 5.75 Å². The first kappa shape index (κ1) is 18.5. The zero-order valence-corrected chi connectivity index (χ0v) is 16.1. The average molecular weight is 348 g/mol. The highest BCUT2D eigenvalue weighted by Crippen LogP contribution is 2.28. The summed E-state index contributed by atoms with van der Waals surface area (Å²) in [5.41, 5.74) is 3.86. The summed E-state index contributed by atoms with van der Waals surface area (Å²) in [6.45, 7) is 9.01. The van der Waals surface area contributed by atoms with Crippen LogP contribution in [0.3, 0.4) is 0 Å². The third-order valence-electron chi connectivity index (χ3n) is 4.66. The van der Waals surface area contributed by atoms with Gasteiger partial charge in [-0.2, -0.15) is 0 Å². The first-order chi connectivity index (χ1) is 12.6. The number of hydrogen-bond donors (Lipinski definition) is 1. The number of nitrogens with one attached hydrogen (secondary N) is 1. The van der Waals surface area contributed by atoms with Crippen LogP contribution in [0.25, 0.3) is 10.8 Å². The molecule has 2 heteroatoms. The van der Waals surface area contributed by atoms with Gasteiger partial charge in [0, 0.05) is 18.7 Å². The van der Waals surface area contributed by atoms with Gasteiger partial charge < -0.3 is 10.1 Å². The molecule has 3 aromatic rings. The molecule has 136 valence electrons. The van der Waals surface area contributed by atoms with E-state index in [4.69, 9.17) is 4.74 Å². The fourth-order valence-electron chi connectivity index (χ4n) is 3.19. The molecule has 0 spiro atoms. The lowest BCUT2D eigenvalue weighted by Crippen LogP contribution is -2.14. The molecule has 0 aromatic heterocycles. The highest BCUT2D eigenvalue weighted by Gasteiger charge is 2.09. The Morgan fingerprint density at radius 3 is 2.58 bits per heavy atom. The monoisotopic (exact) mass is 347 g/mol. The van der Waals surface area contributed by atoms with Gasteiger partial charge in [-0.3, -0.25) is 0 Å². The Balaban J connectivity index is 1.77. The summed E-state index contributed by atoms with van der Waals surface area (Å²) < 4.78 is 6.14. The van der Waals surface area contributed by atoms with E-state index in [0.717, 1.165) is 31.9 Å². The Kier molecular flexibility index (Phi) is 6.30. The van der Waals surface area contributed by atoms with Crippen LogP contribution >= 0.6 is 0 Å². The molecule has 26 heavy (non-hydrogen) atoms. The van der Waals surface area contributed by atoms with Gasteiger partial charge in [-0.05, 0) is 41.7 Å². The average Bonchev–Trinajstić information content (AvgIpc) is 2.63. The Labute approximate surface area is 157 Å². The molecular formula is C24H29NO. The third-order valence-corrected chi connectivity index (χ3v) is 4.66. The largest absolute Gasteiger partial charge is 0.493 e. The number of hydrogen-bond acceptors (Lipinski definition) is 2. The van der Waals surface area contributed by atoms with Crippen LogP contribution in [0.4, 0.5) is 0 Å². The topological polar surface area (TPSA) is 21.3 Å². The predicted octanol–water partition coefficient (Wildman–Crippen LogP) is 5.86. The van der Waals surface area contributed by atoms with Gasteiger partial charge in [0.15, 0.2) is 0 Å². The van der Waals surface area contributed by atoms with Crippen molar-refractivity contribution in [3.05, 3.63) is 77.4 Å². The summed E-state index contributed by atoms with van der Waals surface area (Å²) in [4.78, 5) is 0. The zero-order chi connectivity index (χ0) is 18.4. The van der Waals surface area contributed by atoms with Crippen LogP contribution < -0.4 is 10.1 Å². The van der Waals surface area contributed by atoms with Gasteiger partial charge in [0.05, 0.1) is 6.61 Å². The number of benzene rings is 3. The molecule has 0 aliphatic heterocycles. The van der Waals surface area contributed by atoms with Crippen LogP contribution in [-0.4, -0.2) is 6.61 Å². The van der Waals surface area contributed by atoms with Crippen molar-refractivity contribution in [3.8, 4) is 5.75 Å². The van der Waals surface area contributed by atoms with E-state index in [1.807, 2.05) is 0 Å².